The third-order valence-electron chi connectivity index (χ3n) is 2.41. The molecule has 0 spiro atoms. The van der Waals surface area contributed by atoms with E-state index in [0.717, 1.165) is 11.7 Å². The fourth-order valence-electron chi connectivity index (χ4n) is 1.65. The van der Waals surface area contributed by atoms with Gasteiger partial charge in [0.15, 0.2) is 0 Å². The molecule has 1 fully saturated rings. The van der Waals surface area contributed by atoms with E-state index < -0.39 is 0 Å². The van der Waals surface area contributed by atoms with Crippen LogP contribution < -0.4 is 11.1 Å². The molecule has 2 rings (SSSR count). The van der Waals surface area contributed by atoms with Gasteiger partial charge < -0.3 is 11.1 Å². The Morgan fingerprint density at radius 3 is 2.69 bits per heavy atom. The fraction of sp³-hybridized carbons (Fsp3) is 0.556. The summed E-state index contributed by atoms with van der Waals surface area (Å²) < 4.78 is 0. The van der Waals surface area contributed by atoms with Crippen LogP contribution in [-0.4, -0.2) is 16.2 Å². The van der Waals surface area contributed by atoms with Crippen LogP contribution in [0.1, 0.15) is 19.8 Å². The highest BCUT2D eigenvalue weighted by molar-refractivity contribution is 5.39. The van der Waals surface area contributed by atoms with Gasteiger partial charge in [0.1, 0.15) is 11.6 Å². The summed E-state index contributed by atoms with van der Waals surface area (Å²) in [6.45, 7) is 2.26. The molecule has 0 saturated heterocycles. The number of hydrogen-bond donors (Lipinski definition) is 2. The molecule has 4 nitrogen and oxygen atoms in total. The lowest BCUT2D eigenvalue weighted by atomic mass is 9.82. The lowest BCUT2D eigenvalue weighted by molar-refractivity contribution is 0.308. The predicted molar refractivity (Wildman–Crippen MR) is 52.3 cm³/mol. The largest absolute Gasteiger partial charge is 0.382 e. The molecule has 0 bridgehead atoms. The van der Waals surface area contributed by atoms with Crippen molar-refractivity contribution in [1.29, 1.82) is 0 Å². The van der Waals surface area contributed by atoms with Gasteiger partial charge in [-0.05, 0) is 30.9 Å². The van der Waals surface area contributed by atoms with Crippen molar-refractivity contribution in [3.05, 3.63) is 12.1 Å². The van der Waals surface area contributed by atoms with Crippen molar-refractivity contribution in [3.8, 4) is 0 Å². The molecule has 1 heterocycles. The molecule has 0 amide bonds. The second-order valence-corrected chi connectivity index (χ2v) is 3.76. The SMILES string of the molecule is CC1CC(Nc2ccc(N)nn2)C1. The molecule has 1 saturated carbocycles. The van der Waals surface area contributed by atoms with Gasteiger partial charge >= 0.3 is 0 Å². The molecule has 0 unspecified atom stereocenters. The van der Waals surface area contributed by atoms with E-state index in [9.17, 15) is 0 Å². The van der Waals surface area contributed by atoms with Gasteiger partial charge in [-0.25, -0.2) is 0 Å². The van der Waals surface area contributed by atoms with Crippen LogP contribution in [0.3, 0.4) is 0 Å². The first kappa shape index (κ1) is 8.29. The highest BCUT2D eigenvalue weighted by Gasteiger charge is 2.25. The highest BCUT2D eigenvalue weighted by Crippen LogP contribution is 2.28. The molecule has 0 aliphatic heterocycles. The van der Waals surface area contributed by atoms with Crippen LogP contribution in [0, 0.1) is 5.92 Å². The lowest BCUT2D eigenvalue weighted by Crippen LogP contribution is -2.34. The van der Waals surface area contributed by atoms with E-state index in [1.54, 1.807) is 6.07 Å². The van der Waals surface area contributed by atoms with Crippen molar-refractivity contribution in [1.82, 2.24) is 10.2 Å². The number of rotatable bonds is 2. The standard InChI is InChI=1S/C9H14N4/c1-6-4-7(5-6)11-9-3-2-8(10)12-13-9/h2-3,6-7H,4-5H2,1H3,(H2,10,12)(H,11,13). The van der Waals surface area contributed by atoms with Gasteiger partial charge in [-0.3, -0.25) is 0 Å². The van der Waals surface area contributed by atoms with Crippen LogP contribution in [0.15, 0.2) is 12.1 Å². The molecule has 13 heavy (non-hydrogen) atoms. The smallest absolute Gasteiger partial charge is 0.149 e. The Morgan fingerprint density at radius 1 is 1.38 bits per heavy atom. The zero-order valence-corrected chi connectivity index (χ0v) is 7.70. The molecule has 0 aromatic carbocycles. The Hall–Kier alpha value is -1.32. The van der Waals surface area contributed by atoms with Gasteiger partial charge in [0, 0.05) is 6.04 Å². The maximum Gasteiger partial charge on any atom is 0.149 e. The minimum atomic E-state index is 0.465. The number of aromatic nitrogens is 2. The van der Waals surface area contributed by atoms with Crippen LogP contribution >= 0.6 is 0 Å². The lowest BCUT2D eigenvalue weighted by Gasteiger charge is -2.33. The van der Waals surface area contributed by atoms with Gasteiger partial charge in [-0.2, -0.15) is 0 Å². The first-order chi connectivity index (χ1) is 6.24. The number of nitrogen functional groups attached to an aromatic ring is 1. The van der Waals surface area contributed by atoms with Crippen LogP contribution in [0.2, 0.25) is 0 Å². The van der Waals surface area contributed by atoms with Gasteiger partial charge in [0.05, 0.1) is 0 Å². The summed E-state index contributed by atoms with van der Waals surface area (Å²) >= 11 is 0. The van der Waals surface area contributed by atoms with E-state index in [1.807, 2.05) is 6.07 Å². The normalized spacial score (nSPS) is 26.5. The van der Waals surface area contributed by atoms with Crippen molar-refractivity contribution in [2.75, 3.05) is 11.1 Å². The number of hydrogen-bond acceptors (Lipinski definition) is 4. The summed E-state index contributed by atoms with van der Waals surface area (Å²) in [5.74, 6) is 2.14. The fourth-order valence-corrected chi connectivity index (χ4v) is 1.65. The second kappa shape index (κ2) is 3.20. The van der Waals surface area contributed by atoms with Crippen molar-refractivity contribution >= 4 is 11.6 Å². The third-order valence-corrected chi connectivity index (χ3v) is 2.41. The molecule has 0 atom stereocenters. The van der Waals surface area contributed by atoms with Gasteiger partial charge in [-0.1, -0.05) is 6.92 Å². The van der Waals surface area contributed by atoms with Crippen molar-refractivity contribution in [3.63, 3.8) is 0 Å². The molecular formula is C9H14N4. The second-order valence-electron chi connectivity index (χ2n) is 3.76. The topological polar surface area (TPSA) is 63.8 Å². The van der Waals surface area contributed by atoms with Crippen LogP contribution in [0.4, 0.5) is 11.6 Å². The van der Waals surface area contributed by atoms with E-state index in [2.05, 4.69) is 22.4 Å². The maximum atomic E-state index is 5.42. The Morgan fingerprint density at radius 2 is 2.15 bits per heavy atom. The summed E-state index contributed by atoms with van der Waals surface area (Å²) in [5.41, 5.74) is 5.42. The van der Waals surface area contributed by atoms with Gasteiger partial charge in [-0.15, -0.1) is 10.2 Å². The summed E-state index contributed by atoms with van der Waals surface area (Å²) in [4.78, 5) is 0. The number of anilines is 2. The van der Waals surface area contributed by atoms with Crippen LogP contribution in [-0.2, 0) is 0 Å². The monoisotopic (exact) mass is 178 g/mol. The summed E-state index contributed by atoms with van der Waals surface area (Å²) in [6, 6.07) is 4.20. The van der Waals surface area contributed by atoms with Gasteiger partial charge in [0.2, 0.25) is 0 Å². The van der Waals surface area contributed by atoms with E-state index in [0.29, 0.717) is 11.9 Å². The van der Waals surface area contributed by atoms with E-state index in [4.69, 9.17) is 5.73 Å². The zero-order chi connectivity index (χ0) is 9.26. The molecule has 3 N–H and O–H groups in total. The first-order valence-electron chi connectivity index (χ1n) is 4.60. The Bertz CT molecular complexity index is 276. The minimum Gasteiger partial charge on any atom is -0.382 e. The molecule has 1 aromatic rings. The van der Waals surface area contributed by atoms with Crippen LogP contribution in [0.5, 0.6) is 0 Å². The van der Waals surface area contributed by atoms with E-state index in [-0.39, 0.29) is 0 Å². The van der Waals surface area contributed by atoms with Crippen molar-refractivity contribution in [2.45, 2.75) is 25.8 Å². The van der Waals surface area contributed by atoms with Gasteiger partial charge in [0.25, 0.3) is 0 Å². The molecular weight excluding hydrogens is 164 g/mol. The number of nitrogens with two attached hydrogens (primary N) is 1. The maximum absolute atomic E-state index is 5.42. The average molecular weight is 178 g/mol. The molecule has 0 radical (unpaired) electrons. The Kier molecular flexibility index (Phi) is 2.04. The minimum absolute atomic E-state index is 0.465. The predicted octanol–water partition coefficient (Wildman–Crippen LogP) is 1.27. The van der Waals surface area contributed by atoms with E-state index >= 15 is 0 Å². The zero-order valence-electron chi connectivity index (χ0n) is 7.70. The van der Waals surface area contributed by atoms with Crippen molar-refractivity contribution < 1.29 is 0 Å². The Balaban J connectivity index is 1.91. The molecule has 1 aromatic heterocycles. The number of nitrogens with zero attached hydrogens (tertiary/aromatic N) is 2. The summed E-state index contributed by atoms with van der Waals surface area (Å²) in [5, 5.41) is 11.0. The van der Waals surface area contributed by atoms with E-state index in [1.165, 1.54) is 12.8 Å². The highest BCUT2D eigenvalue weighted by atomic mass is 15.2. The molecule has 4 heteroatoms. The molecule has 1 aliphatic carbocycles. The average Bonchev–Trinajstić information content (AvgIpc) is 2.06. The molecule has 70 valence electrons. The number of nitrogens with one attached hydrogen (secondary N) is 1. The van der Waals surface area contributed by atoms with Crippen molar-refractivity contribution in [2.24, 2.45) is 5.92 Å². The first-order valence-corrected chi connectivity index (χ1v) is 4.60. The third kappa shape index (κ3) is 1.88. The summed E-state index contributed by atoms with van der Waals surface area (Å²) in [7, 11) is 0. The molecule has 1 aliphatic rings. The Labute approximate surface area is 77.5 Å². The van der Waals surface area contributed by atoms with Crippen LogP contribution in [0.25, 0.3) is 0 Å². The summed E-state index contributed by atoms with van der Waals surface area (Å²) in [6.07, 6.45) is 2.46. The quantitative estimate of drug-likeness (QED) is 0.715.